The predicted molar refractivity (Wildman–Crippen MR) is 377 cm³/mol. The summed E-state index contributed by atoms with van der Waals surface area (Å²) in [5.41, 5.74) is 16.1. The van der Waals surface area contributed by atoms with Gasteiger partial charge in [-0.15, -0.1) is 11.3 Å². The monoisotopic (exact) mass is 1130 g/mol. The molecule has 0 radical (unpaired) electrons. The molecule has 0 saturated carbocycles. The molecule has 0 aliphatic rings. The minimum absolute atomic E-state index is 0.909. The van der Waals surface area contributed by atoms with E-state index >= 15 is 0 Å². The quantitative estimate of drug-likeness (QED) is 0.158. The molecule has 20 aromatic rings. The minimum atomic E-state index is 0.909. The van der Waals surface area contributed by atoms with Crippen molar-refractivity contribution in [2.24, 2.45) is 0 Å². The molecule has 88 heavy (non-hydrogen) atoms. The molecule has 0 aliphatic carbocycles. The topological polar surface area (TPSA) is 23.0 Å². The average Bonchev–Trinajstić information content (AvgIpc) is 3.06. The van der Waals surface area contributed by atoms with Crippen LogP contribution >= 0.6 is 11.3 Å². The lowest BCUT2D eigenvalue weighted by Crippen LogP contribution is -1.95. The molecule has 16 aromatic carbocycles. The summed E-state index contributed by atoms with van der Waals surface area (Å²) in [6, 6.07) is 108. The Morgan fingerprint density at radius 3 is 1.27 bits per heavy atom. The minimum Gasteiger partial charge on any atom is -0.455 e. The largest absolute Gasteiger partial charge is 0.455 e. The molecule has 0 unspecified atom stereocenters. The van der Waals surface area contributed by atoms with E-state index in [1.54, 1.807) is 0 Å². The van der Waals surface area contributed by atoms with Crippen molar-refractivity contribution in [3.05, 3.63) is 291 Å². The Kier molecular flexibility index (Phi) is 9.88. The molecule has 3 nitrogen and oxygen atoms in total. The fraction of sp³-hybridized carbons (Fsp3) is 0. The number of hydrogen-bond donors (Lipinski definition) is 0. The van der Waals surface area contributed by atoms with Gasteiger partial charge in [-0.25, -0.2) is 0 Å². The van der Waals surface area contributed by atoms with Gasteiger partial charge in [-0.3, -0.25) is 0 Å². The maximum absolute atomic E-state index is 6.54. The van der Waals surface area contributed by atoms with Crippen LogP contribution < -0.4 is 0 Å². The van der Waals surface area contributed by atoms with Crippen molar-refractivity contribution in [3.63, 3.8) is 0 Å². The molecule has 20 rings (SSSR count). The fourth-order valence-corrected chi connectivity index (χ4v) is 16.7. The van der Waals surface area contributed by atoms with Gasteiger partial charge in [0.2, 0.25) is 0 Å². The highest BCUT2D eigenvalue weighted by atomic mass is 32.1. The zero-order valence-corrected chi connectivity index (χ0v) is 48.2. The highest BCUT2D eigenvalue weighted by Crippen LogP contribution is 2.48. The van der Waals surface area contributed by atoms with Crippen molar-refractivity contribution in [1.29, 1.82) is 0 Å². The molecule has 4 heterocycles. The van der Waals surface area contributed by atoms with E-state index in [2.05, 4.69) is 294 Å². The highest BCUT2D eigenvalue weighted by Gasteiger charge is 2.22. The number of furan rings is 1. The number of aromatic nitrogens is 2. The van der Waals surface area contributed by atoms with Crippen LogP contribution in [0.5, 0.6) is 0 Å². The fourth-order valence-electron chi connectivity index (χ4n) is 15.4. The molecule has 4 heteroatoms. The predicted octanol–water partition coefficient (Wildman–Crippen LogP) is 24.1. The molecule has 406 valence electrons. The summed E-state index contributed by atoms with van der Waals surface area (Å²) < 4.78 is 14.0. The van der Waals surface area contributed by atoms with Gasteiger partial charge < -0.3 is 13.6 Å². The van der Waals surface area contributed by atoms with Gasteiger partial charge in [0, 0.05) is 69.4 Å². The average molecular weight is 1130 g/mol. The maximum atomic E-state index is 6.54. The van der Waals surface area contributed by atoms with E-state index in [0.29, 0.717) is 0 Å². The Balaban J connectivity index is 0.698. The highest BCUT2D eigenvalue weighted by molar-refractivity contribution is 7.26. The smallest absolute Gasteiger partial charge is 0.143 e. The van der Waals surface area contributed by atoms with Crippen molar-refractivity contribution in [2.45, 2.75) is 0 Å². The molecular formula is C84H48N2OS. The van der Waals surface area contributed by atoms with E-state index in [9.17, 15) is 0 Å². The van der Waals surface area contributed by atoms with Crippen LogP contribution in [0, 0.1) is 0 Å². The molecule has 0 bridgehead atoms. The van der Waals surface area contributed by atoms with Gasteiger partial charge >= 0.3 is 0 Å². The number of fused-ring (bicyclic) bond motifs is 24. The normalized spacial score (nSPS) is 12.3. The number of thiophene rings is 1. The van der Waals surface area contributed by atoms with Crippen LogP contribution in [-0.2, 0) is 0 Å². The second kappa shape index (κ2) is 18.1. The SMILES string of the molecule is c1ccc2c(c1)oc1c(-c3ccc4c(c3)c3ccccc3n4-c3ccc4c(c3)c3ccccc3c3c(-c5ccc6c(c5)sc5c(-c7ccc8c(c7)c7ccccc7n8-c7ccc8c9ccccc9c9ccccc9c8c7)cccc56)cccc43)cccc12. The van der Waals surface area contributed by atoms with E-state index in [-0.39, 0.29) is 0 Å². The van der Waals surface area contributed by atoms with Crippen LogP contribution in [0.15, 0.2) is 296 Å². The van der Waals surface area contributed by atoms with Crippen LogP contribution in [0.2, 0.25) is 0 Å². The number of rotatable bonds is 5. The van der Waals surface area contributed by atoms with E-state index in [0.717, 1.165) is 44.4 Å². The third-order valence-corrected chi connectivity index (χ3v) is 20.5. The standard InChI is InChI=1S/C84H48N2OS/c1-2-18-59-57(16-1)58-17-3-4-19-60(58)72-47-52(37-40-62(59)72)85-77-32-11-8-22-65(77)75-45-50(36-43-79(75)85)56-27-15-30-71-67-39-34-51(46-81(67)88-84(56)71)54-25-13-28-69-63-41-38-53(48-73(63)61-20-5-6-24-68(61)82(54)69)86-76-31-10-7-21-64(76)74-44-49(35-42-78(74)86)55-26-14-29-70-66-23-9-12-33-80(66)87-83(55)70/h1-48H. The zero-order chi connectivity index (χ0) is 57.3. The van der Waals surface area contributed by atoms with Crippen LogP contribution in [0.4, 0.5) is 0 Å². The third kappa shape index (κ3) is 6.72. The van der Waals surface area contributed by atoms with E-state index in [1.807, 2.05) is 17.4 Å². The summed E-state index contributed by atoms with van der Waals surface area (Å²) in [4.78, 5) is 0. The first kappa shape index (κ1) is 48.0. The summed E-state index contributed by atoms with van der Waals surface area (Å²) in [5, 5.41) is 25.0. The Morgan fingerprint density at radius 2 is 0.648 bits per heavy atom. The van der Waals surface area contributed by atoms with Gasteiger partial charge in [0.1, 0.15) is 11.2 Å². The van der Waals surface area contributed by atoms with Gasteiger partial charge in [-0.05, 0) is 165 Å². The van der Waals surface area contributed by atoms with Crippen LogP contribution in [-0.4, -0.2) is 9.13 Å². The number of benzene rings is 16. The van der Waals surface area contributed by atoms with Crippen LogP contribution in [0.1, 0.15) is 0 Å². The van der Waals surface area contributed by atoms with E-state index < -0.39 is 0 Å². The Hall–Kier alpha value is -11.3. The lowest BCUT2D eigenvalue weighted by Gasteiger charge is -2.16. The van der Waals surface area contributed by atoms with Gasteiger partial charge in [0.15, 0.2) is 0 Å². The molecule has 4 aromatic heterocycles. The molecule has 0 spiro atoms. The second-order valence-corrected chi connectivity index (χ2v) is 24.8. The Morgan fingerprint density at radius 1 is 0.239 bits per heavy atom. The van der Waals surface area contributed by atoms with Gasteiger partial charge in [-0.1, -0.05) is 218 Å². The molecule has 0 fully saturated rings. The first-order valence-electron chi connectivity index (χ1n) is 30.3. The van der Waals surface area contributed by atoms with Crippen LogP contribution in [0.3, 0.4) is 0 Å². The number of para-hydroxylation sites is 4. The van der Waals surface area contributed by atoms with Gasteiger partial charge in [0.05, 0.1) is 22.1 Å². The Labute approximate surface area is 508 Å². The van der Waals surface area contributed by atoms with Crippen molar-refractivity contribution < 1.29 is 4.42 Å². The van der Waals surface area contributed by atoms with Gasteiger partial charge in [0.25, 0.3) is 0 Å². The van der Waals surface area contributed by atoms with Crippen molar-refractivity contribution >= 4 is 162 Å². The lowest BCUT2D eigenvalue weighted by molar-refractivity contribution is 0.670. The van der Waals surface area contributed by atoms with Gasteiger partial charge in [-0.2, -0.15) is 0 Å². The van der Waals surface area contributed by atoms with E-state index in [4.69, 9.17) is 4.42 Å². The summed E-state index contributed by atoms with van der Waals surface area (Å²) in [6.07, 6.45) is 0. The summed E-state index contributed by atoms with van der Waals surface area (Å²) in [6.45, 7) is 0. The second-order valence-electron chi connectivity index (χ2n) is 23.8. The van der Waals surface area contributed by atoms with Crippen molar-refractivity contribution in [3.8, 4) is 44.8 Å². The number of nitrogens with zero attached hydrogens (tertiary/aromatic N) is 2. The molecule has 0 saturated heterocycles. The summed E-state index contributed by atoms with van der Waals surface area (Å²) in [7, 11) is 0. The van der Waals surface area contributed by atoms with Crippen molar-refractivity contribution in [1.82, 2.24) is 9.13 Å². The molecule has 0 amide bonds. The lowest BCUT2D eigenvalue weighted by atomic mass is 9.89. The zero-order valence-electron chi connectivity index (χ0n) is 47.4. The van der Waals surface area contributed by atoms with Crippen LogP contribution in [0.25, 0.3) is 195 Å². The molecule has 0 atom stereocenters. The molecule has 0 aliphatic heterocycles. The maximum Gasteiger partial charge on any atom is 0.143 e. The van der Waals surface area contributed by atoms with Crippen molar-refractivity contribution in [2.75, 3.05) is 0 Å². The Bertz CT molecular complexity index is 6380. The summed E-state index contributed by atoms with van der Waals surface area (Å²) >= 11 is 1.91. The first-order chi connectivity index (χ1) is 43.6. The third-order valence-electron chi connectivity index (χ3n) is 19.3. The van der Waals surface area contributed by atoms with E-state index in [1.165, 1.54) is 151 Å². The number of hydrogen-bond acceptors (Lipinski definition) is 2. The summed E-state index contributed by atoms with van der Waals surface area (Å²) in [5.74, 6) is 0. The molecular weight excluding hydrogens is 1090 g/mol. The molecule has 0 N–H and O–H groups in total. The first-order valence-corrected chi connectivity index (χ1v) is 31.1.